The molecular formula is C15H10F4. The molecular weight excluding hydrogens is 256 g/mol. The second kappa shape index (κ2) is 5.26. The Labute approximate surface area is 108 Å². The van der Waals surface area contributed by atoms with Gasteiger partial charge in [0.25, 0.3) is 0 Å². The van der Waals surface area contributed by atoms with Gasteiger partial charge >= 0.3 is 6.18 Å². The molecule has 2 aromatic carbocycles. The van der Waals surface area contributed by atoms with E-state index in [0.29, 0.717) is 11.1 Å². The van der Waals surface area contributed by atoms with Gasteiger partial charge in [0.1, 0.15) is 5.83 Å². The fourth-order valence-electron chi connectivity index (χ4n) is 1.60. The molecule has 0 N–H and O–H groups in total. The van der Waals surface area contributed by atoms with Gasteiger partial charge in [-0.05, 0) is 23.8 Å². The predicted molar refractivity (Wildman–Crippen MR) is 66.9 cm³/mol. The normalized spacial score (nSPS) is 12.5. The molecule has 4 heteroatoms. The number of hydrogen-bond acceptors (Lipinski definition) is 0. The van der Waals surface area contributed by atoms with Crippen molar-refractivity contribution in [1.82, 2.24) is 0 Å². The van der Waals surface area contributed by atoms with E-state index in [9.17, 15) is 17.6 Å². The molecule has 0 heterocycles. The van der Waals surface area contributed by atoms with Crippen LogP contribution in [-0.2, 0) is 6.18 Å². The predicted octanol–water partition coefficient (Wildman–Crippen LogP) is 5.17. The van der Waals surface area contributed by atoms with E-state index in [1.165, 1.54) is 18.2 Å². The van der Waals surface area contributed by atoms with Crippen LogP contribution in [0.1, 0.15) is 16.7 Å². The molecule has 0 aromatic heterocycles. The van der Waals surface area contributed by atoms with E-state index in [-0.39, 0.29) is 0 Å². The second-order valence-corrected chi connectivity index (χ2v) is 3.98. The van der Waals surface area contributed by atoms with Gasteiger partial charge in [0.2, 0.25) is 0 Å². The van der Waals surface area contributed by atoms with Crippen molar-refractivity contribution in [2.45, 2.75) is 6.18 Å². The molecule has 0 nitrogen and oxygen atoms in total. The highest BCUT2D eigenvalue weighted by Gasteiger charge is 2.29. The van der Waals surface area contributed by atoms with Crippen molar-refractivity contribution in [3.05, 3.63) is 71.3 Å². The first kappa shape index (κ1) is 13.3. The van der Waals surface area contributed by atoms with E-state index in [1.54, 1.807) is 30.3 Å². The van der Waals surface area contributed by atoms with Crippen molar-refractivity contribution < 1.29 is 17.6 Å². The summed E-state index contributed by atoms with van der Waals surface area (Å²) < 4.78 is 50.9. The number of halogens is 4. The summed E-state index contributed by atoms with van der Waals surface area (Å²) in [6.07, 6.45) is -3.17. The lowest BCUT2D eigenvalue weighted by atomic mass is 10.1. The largest absolute Gasteiger partial charge is 0.416 e. The average molecular weight is 266 g/mol. The Bertz CT molecular complexity index is 565. The van der Waals surface area contributed by atoms with Gasteiger partial charge in [0.05, 0.1) is 5.56 Å². The van der Waals surface area contributed by atoms with Gasteiger partial charge in [-0.2, -0.15) is 13.2 Å². The van der Waals surface area contributed by atoms with Gasteiger partial charge in [0.15, 0.2) is 0 Å². The van der Waals surface area contributed by atoms with Crippen molar-refractivity contribution in [3.8, 4) is 0 Å². The maximum atomic E-state index is 13.8. The zero-order valence-electron chi connectivity index (χ0n) is 9.79. The first-order chi connectivity index (χ1) is 8.97. The quantitative estimate of drug-likeness (QED) is 0.519. The van der Waals surface area contributed by atoms with Crippen LogP contribution in [0.15, 0.2) is 54.6 Å². The monoisotopic (exact) mass is 266 g/mol. The number of rotatable bonds is 2. The van der Waals surface area contributed by atoms with Crippen molar-refractivity contribution in [1.29, 1.82) is 0 Å². The summed E-state index contributed by atoms with van der Waals surface area (Å²) in [4.78, 5) is 0. The summed E-state index contributed by atoms with van der Waals surface area (Å²) in [6, 6.07) is 12.7. The SMILES string of the molecule is FC(=Cc1ccc(C(F)(F)F)cc1)c1ccccc1. The van der Waals surface area contributed by atoms with Gasteiger partial charge in [-0.1, -0.05) is 42.5 Å². The molecule has 0 aliphatic heterocycles. The Morgan fingerprint density at radius 2 is 1.42 bits per heavy atom. The molecule has 0 saturated carbocycles. The maximum Gasteiger partial charge on any atom is 0.416 e. The highest BCUT2D eigenvalue weighted by atomic mass is 19.4. The molecule has 0 aliphatic carbocycles. The lowest BCUT2D eigenvalue weighted by molar-refractivity contribution is -0.137. The van der Waals surface area contributed by atoms with Gasteiger partial charge in [-0.3, -0.25) is 0 Å². The minimum Gasteiger partial charge on any atom is -0.206 e. The number of benzene rings is 2. The van der Waals surface area contributed by atoms with Crippen LogP contribution in [0.3, 0.4) is 0 Å². The molecule has 19 heavy (non-hydrogen) atoms. The molecule has 0 spiro atoms. The van der Waals surface area contributed by atoms with E-state index in [2.05, 4.69) is 0 Å². The molecule has 0 radical (unpaired) electrons. The second-order valence-electron chi connectivity index (χ2n) is 3.98. The smallest absolute Gasteiger partial charge is 0.206 e. The van der Waals surface area contributed by atoms with E-state index in [0.717, 1.165) is 12.1 Å². The summed E-state index contributed by atoms with van der Waals surface area (Å²) in [6.45, 7) is 0. The molecule has 0 atom stereocenters. The fraction of sp³-hybridized carbons (Fsp3) is 0.0667. The van der Waals surface area contributed by atoms with Gasteiger partial charge in [0, 0.05) is 5.56 Å². The van der Waals surface area contributed by atoms with Crippen molar-refractivity contribution in [2.75, 3.05) is 0 Å². The lowest BCUT2D eigenvalue weighted by Gasteiger charge is -2.06. The number of alkyl halides is 3. The summed E-state index contributed by atoms with van der Waals surface area (Å²) in [5.41, 5.74) is 0.0292. The topological polar surface area (TPSA) is 0 Å². The zero-order chi connectivity index (χ0) is 13.9. The van der Waals surface area contributed by atoms with Crippen molar-refractivity contribution >= 4 is 11.9 Å². The highest BCUT2D eigenvalue weighted by molar-refractivity contribution is 5.76. The molecule has 0 bridgehead atoms. The van der Waals surface area contributed by atoms with Crippen molar-refractivity contribution in [3.63, 3.8) is 0 Å². The van der Waals surface area contributed by atoms with Gasteiger partial charge in [-0.25, -0.2) is 4.39 Å². The Morgan fingerprint density at radius 1 is 0.842 bits per heavy atom. The van der Waals surface area contributed by atoms with Crippen molar-refractivity contribution in [2.24, 2.45) is 0 Å². The van der Waals surface area contributed by atoms with Gasteiger partial charge in [-0.15, -0.1) is 0 Å². The molecule has 0 saturated heterocycles. The third-order valence-electron chi connectivity index (χ3n) is 2.58. The molecule has 0 fully saturated rings. The standard InChI is InChI=1S/C15H10F4/c16-14(12-4-2-1-3-5-12)10-11-6-8-13(9-7-11)15(17,18)19/h1-10H. The Hall–Kier alpha value is -2.10. The van der Waals surface area contributed by atoms with Gasteiger partial charge < -0.3 is 0 Å². The van der Waals surface area contributed by atoms with Crippen LogP contribution in [0.4, 0.5) is 17.6 Å². The summed E-state index contributed by atoms with van der Waals surface area (Å²) >= 11 is 0. The maximum absolute atomic E-state index is 13.8. The van der Waals surface area contributed by atoms with E-state index < -0.39 is 17.6 Å². The van der Waals surface area contributed by atoms with Crippen LogP contribution in [0.5, 0.6) is 0 Å². The molecule has 2 aromatic rings. The Kier molecular flexibility index (Phi) is 3.69. The van der Waals surface area contributed by atoms with Crippen LogP contribution in [-0.4, -0.2) is 0 Å². The minimum atomic E-state index is -4.37. The third-order valence-corrected chi connectivity index (χ3v) is 2.58. The summed E-state index contributed by atoms with van der Waals surface area (Å²) in [5.74, 6) is -0.486. The molecule has 2 rings (SSSR count). The minimum absolute atomic E-state index is 0.384. The first-order valence-corrected chi connectivity index (χ1v) is 5.57. The first-order valence-electron chi connectivity index (χ1n) is 5.57. The lowest BCUT2D eigenvalue weighted by Crippen LogP contribution is -2.03. The molecule has 98 valence electrons. The van der Waals surface area contributed by atoms with E-state index >= 15 is 0 Å². The molecule has 0 amide bonds. The fourth-order valence-corrected chi connectivity index (χ4v) is 1.60. The van der Waals surface area contributed by atoms with Crippen LogP contribution in [0.2, 0.25) is 0 Å². The number of hydrogen-bond donors (Lipinski definition) is 0. The molecule has 0 unspecified atom stereocenters. The zero-order valence-corrected chi connectivity index (χ0v) is 9.79. The third kappa shape index (κ3) is 3.44. The van der Waals surface area contributed by atoms with Crippen LogP contribution >= 0.6 is 0 Å². The van der Waals surface area contributed by atoms with E-state index in [1.807, 2.05) is 0 Å². The van der Waals surface area contributed by atoms with Crippen LogP contribution in [0.25, 0.3) is 11.9 Å². The Balaban J connectivity index is 2.24. The van der Waals surface area contributed by atoms with Crippen LogP contribution in [0, 0.1) is 0 Å². The highest BCUT2D eigenvalue weighted by Crippen LogP contribution is 2.29. The van der Waals surface area contributed by atoms with E-state index in [4.69, 9.17) is 0 Å². The van der Waals surface area contributed by atoms with Crippen LogP contribution < -0.4 is 0 Å². The average Bonchev–Trinajstić information content (AvgIpc) is 2.39. The summed E-state index contributed by atoms with van der Waals surface area (Å²) in [5, 5.41) is 0. The molecule has 0 aliphatic rings. The Morgan fingerprint density at radius 3 is 1.95 bits per heavy atom. The summed E-state index contributed by atoms with van der Waals surface area (Å²) in [7, 11) is 0.